The number of ether oxygens (including phenoxy) is 1. The molecule has 2 heterocycles. The summed E-state index contributed by atoms with van der Waals surface area (Å²) in [6.07, 6.45) is 1.66. The molecule has 0 spiro atoms. The van der Waals surface area contributed by atoms with E-state index in [0.29, 0.717) is 6.54 Å². The molecule has 1 fully saturated rings. The molecule has 1 atom stereocenters. The first-order valence-electron chi connectivity index (χ1n) is 9.58. The molecule has 1 amide bonds. The second kappa shape index (κ2) is 9.08. The molecule has 29 heavy (non-hydrogen) atoms. The molecule has 2 N–H and O–H groups in total. The quantitative estimate of drug-likeness (QED) is 0.699. The van der Waals surface area contributed by atoms with E-state index in [1.165, 1.54) is 29.4 Å². The Kier molecular flexibility index (Phi) is 6.74. The molecule has 1 saturated heterocycles. The second-order valence-electron chi connectivity index (χ2n) is 7.30. The summed E-state index contributed by atoms with van der Waals surface area (Å²) in [5, 5.41) is 2.87. The van der Waals surface area contributed by atoms with Crippen LogP contribution in [0.3, 0.4) is 0 Å². The number of hydrogen-bond donors (Lipinski definition) is 2. The van der Waals surface area contributed by atoms with Crippen molar-refractivity contribution in [3.8, 4) is 0 Å². The van der Waals surface area contributed by atoms with Gasteiger partial charge >= 0.3 is 0 Å². The minimum absolute atomic E-state index is 0.0642. The third-order valence-electron chi connectivity index (χ3n) is 4.97. The minimum Gasteiger partial charge on any atom is -0.376 e. The van der Waals surface area contributed by atoms with Crippen LogP contribution in [-0.4, -0.2) is 56.6 Å². The Labute approximate surface area is 171 Å². The third-order valence-corrected chi connectivity index (χ3v) is 6.35. The summed E-state index contributed by atoms with van der Waals surface area (Å²) in [6.45, 7) is 5.86. The lowest BCUT2D eigenvalue weighted by Crippen LogP contribution is -2.40. The van der Waals surface area contributed by atoms with E-state index in [9.17, 15) is 13.2 Å². The number of sulfonamides is 1. The average molecular weight is 421 g/mol. The maximum Gasteiger partial charge on any atom is 0.268 e. The van der Waals surface area contributed by atoms with E-state index >= 15 is 0 Å². The molecule has 2 aromatic rings. The zero-order valence-electron chi connectivity index (χ0n) is 17.0. The molecular weight excluding hydrogens is 392 g/mol. The molecule has 3 rings (SSSR count). The summed E-state index contributed by atoms with van der Waals surface area (Å²) in [7, 11) is -0.602. The normalized spacial score (nSPS) is 18.0. The second-order valence-corrected chi connectivity index (χ2v) is 9.19. The van der Waals surface area contributed by atoms with E-state index in [4.69, 9.17) is 4.74 Å². The van der Waals surface area contributed by atoms with E-state index in [1.54, 1.807) is 7.05 Å². The van der Waals surface area contributed by atoms with Gasteiger partial charge in [0.25, 0.3) is 5.91 Å². The third kappa shape index (κ3) is 5.45. The lowest BCUT2D eigenvalue weighted by atomic mass is 10.1. The SMILES string of the molecule is CNS(=O)(=O)c1cc(C(=O)NCc2cccc(CN3CCOC(C)C3)c2)n(C)c1. The van der Waals surface area contributed by atoms with Crippen LogP contribution in [0.15, 0.2) is 41.4 Å². The number of nitrogens with one attached hydrogen (secondary N) is 2. The van der Waals surface area contributed by atoms with Gasteiger partial charge in [0.2, 0.25) is 10.0 Å². The van der Waals surface area contributed by atoms with Gasteiger partial charge in [-0.15, -0.1) is 0 Å². The fourth-order valence-electron chi connectivity index (χ4n) is 3.43. The monoisotopic (exact) mass is 420 g/mol. The van der Waals surface area contributed by atoms with Crippen molar-refractivity contribution in [1.82, 2.24) is 19.5 Å². The molecule has 1 aliphatic rings. The summed E-state index contributed by atoms with van der Waals surface area (Å²) in [5.41, 5.74) is 2.47. The first kappa shape index (κ1) is 21.5. The molecule has 0 radical (unpaired) electrons. The van der Waals surface area contributed by atoms with Gasteiger partial charge in [-0.1, -0.05) is 24.3 Å². The predicted octanol–water partition coefficient (Wildman–Crippen LogP) is 1.08. The Morgan fingerprint density at radius 3 is 2.76 bits per heavy atom. The largest absolute Gasteiger partial charge is 0.376 e. The van der Waals surface area contributed by atoms with Crippen molar-refractivity contribution in [2.75, 3.05) is 26.7 Å². The van der Waals surface area contributed by atoms with Gasteiger partial charge in [0.15, 0.2) is 0 Å². The van der Waals surface area contributed by atoms with E-state index in [1.807, 2.05) is 12.1 Å². The van der Waals surface area contributed by atoms with Gasteiger partial charge in [-0.3, -0.25) is 9.69 Å². The molecule has 158 valence electrons. The van der Waals surface area contributed by atoms with E-state index in [0.717, 1.165) is 31.8 Å². The van der Waals surface area contributed by atoms with Crippen molar-refractivity contribution in [2.24, 2.45) is 7.05 Å². The highest BCUT2D eigenvalue weighted by atomic mass is 32.2. The summed E-state index contributed by atoms with van der Waals surface area (Å²) in [6, 6.07) is 9.49. The van der Waals surface area contributed by atoms with Crippen LogP contribution in [0.5, 0.6) is 0 Å². The summed E-state index contributed by atoms with van der Waals surface area (Å²) in [4.78, 5) is 15.0. The molecule has 1 unspecified atom stereocenters. The standard InChI is InChI=1S/C20H28N4O4S/c1-15-12-24(7-8-28-15)13-17-6-4-5-16(9-17)11-22-20(25)19-10-18(14-23(19)3)29(26,27)21-2/h4-6,9-10,14-15,21H,7-8,11-13H2,1-3H3,(H,22,25). The molecule has 1 aromatic carbocycles. The highest BCUT2D eigenvalue weighted by Gasteiger charge is 2.19. The fourth-order valence-corrected chi connectivity index (χ4v) is 4.23. The van der Waals surface area contributed by atoms with Crippen molar-refractivity contribution in [1.29, 1.82) is 0 Å². The number of morpholine rings is 1. The molecule has 1 aromatic heterocycles. The summed E-state index contributed by atoms with van der Waals surface area (Å²) in [5.74, 6) is -0.322. The van der Waals surface area contributed by atoms with Gasteiger partial charge in [0, 0.05) is 39.4 Å². The Hall–Kier alpha value is -2.20. The van der Waals surface area contributed by atoms with Crippen LogP contribution in [0.4, 0.5) is 0 Å². The van der Waals surface area contributed by atoms with Crippen molar-refractivity contribution < 1.29 is 17.9 Å². The number of benzene rings is 1. The lowest BCUT2D eigenvalue weighted by molar-refractivity contribution is -0.0212. The van der Waals surface area contributed by atoms with Gasteiger partial charge in [-0.2, -0.15) is 0 Å². The molecule has 1 aliphatic heterocycles. The van der Waals surface area contributed by atoms with Crippen LogP contribution in [0.2, 0.25) is 0 Å². The number of carbonyl (C=O) groups excluding carboxylic acids is 1. The van der Waals surface area contributed by atoms with Gasteiger partial charge in [0.05, 0.1) is 12.7 Å². The van der Waals surface area contributed by atoms with Crippen LogP contribution in [0.1, 0.15) is 28.5 Å². The first-order valence-corrected chi connectivity index (χ1v) is 11.1. The van der Waals surface area contributed by atoms with Crippen LogP contribution in [0, 0.1) is 0 Å². The highest BCUT2D eigenvalue weighted by Crippen LogP contribution is 2.14. The predicted molar refractivity (Wildman–Crippen MR) is 110 cm³/mol. The minimum atomic E-state index is -3.59. The lowest BCUT2D eigenvalue weighted by Gasteiger charge is -2.31. The molecule has 8 nitrogen and oxygen atoms in total. The van der Waals surface area contributed by atoms with Crippen molar-refractivity contribution >= 4 is 15.9 Å². The fraction of sp³-hybridized carbons (Fsp3) is 0.450. The molecule has 9 heteroatoms. The van der Waals surface area contributed by atoms with E-state index < -0.39 is 10.0 Å². The Balaban J connectivity index is 1.62. The van der Waals surface area contributed by atoms with Crippen molar-refractivity contribution in [3.05, 3.63) is 53.3 Å². The van der Waals surface area contributed by atoms with Gasteiger partial charge in [0.1, 0.15) is 10.6 Å². The number of nitrogens with zero attached hydrogens (tertiary/aromatic N) is 2. The van der Waals surface area contributed by atoms with Crippen LogP contribution >= 0.6 is 0 Å². The van der Waals surface area contributed by atoms with Gasteiger partial charge < -0.3 is 14.6 Å². The topological polar surface area (TPSA) is 92.7 Å². The number of amides is 1. The Morgan fingerprint density at radius 1 is 1.28 bits per heavy atom. The number of aromatic nitrogens is 1. The zero-order chi connectivity index (χ0) is 21.0. The summed E-state index contributed by atoms with van der Waals surface area (Å²) < 4.78 is 33.2. The summed E-state index contributed by atoms with van der Waals surface area (Å²) >= 11 is 0. The number of rotatable bonds is 7. The maximum absolute atomic E-state index is 12.5. The van der Waals surface area contributed by atoms with Gasteiger partial charge in [-0.25, -0.2) is 13.1 Å². The average Bonchev–Trinajstić information content (AvgIpc) is 3.09. The Morgan fingerprint density at radius 2 is 2.03 bits per heavy atom. The molecular formula is C20H28N4O4S. The molecule has 0 bridgehead atoms. The molecule has 0 aliphatic carbocycles. The van der Waals surface area contributed by atoms with Gasteiger partial charge in [-0.05, 0) is 31.2 Å². The Bertz CT molecular complexity index is 971. The molecule has 0 saturated carbocycles. The van der Waals surface area contributed by atoms with Crippen molar-refractivity contribution in [3.63, 3.8) is 0 Å². The maximum atomic E-state index is 12.5. The van der Waals surface area contributed by atoms with E-state index in [-0.39, 0.29) is 22.6 Å². The number of hydrogen-bond acceptors (Lipinski definition) is 5. The first-order chi connectivity index (χ1) is 13.8. The van der Waals surface area contributed by atoms with Crippen LogP contribution < -0.4 is 10.0 Å². The highest BCUT2D eigenvalue weighted by molar-refractivity contribution is 7.89. The van der Waals surface area contributed by atoms with Crippen LogP contribution in [0.25, 0.3) is 0 Å². The van der Waals surface area contributed by atoms with Crippen LogP contribution in [-0.2, 0) is 34.9 Å². The number of aryl methyl sites for hydroxylation is 1. The zero-order valence-corrected chi connectivity index (χ0v) is 17.8. The smallest absolute Gasteiger partial charge is 0.268 e. The van der Waals surface area contributed by atoms with Crippen molar-refractivity contribution in [2.45, 2.75) is 31.0 Å². The number of carbonyl (C=O) groups is 1. The van der Waals surface area contributed by atoms with E-state index in [2.05, 4.69) is 34.0 Å².